The second-order valence-electron chi connectivity index (χ2n) is 11.5. The average Bonchev–Trinajstić information content (AvgIpc) is 2.81. The van der Waals surface area contributed by atoms with Gasteiger partial charge in [-0.25, -0.2) is 0 Å². The lowest BCUT2D eigenvalue weighted by Crippen LogP contribution is -2.37. The summed E-state index contributed by atoms with van der Waals surface area (Å²) in [6.45, 7) is 7.16. The van der Waals surface area contributed by atoms with E-state index in [1.54, 1.807) is 0 Å². The number of aliphatic hydroxyl groups is 2. The molecule has 3 rings (SSSR count). The molecule has 6 atom stereocenters. The molecule has 3 aliphatic rings. The molecule has 0 saturated carbocycles. The molecule has 188 valence electrons. The molecule has 2 N–H and O–H groups in total. The summed E-state index contributed by atoms with van der Waals surface area (Å²) in [5, 5.41) is 20.9. The van der Waals surface area contributed by atoms with E-state index in [1.807, 2.05) is 0 Å². The Morgan fingerprint density at radius 1 is 0.375 bits per heavy atom. The van der Waals surface area contributed by atoms with Crippen molar-refractivity contribution in [3.63, 3.8) is 0 Å². The molecule has 3 saturated heterocycles. The van der Waals surface area contributed by atoms with Gasteiger partial charge in [0.15, 0.2) is 0 Å². The van der Waals surface area contributed by atoms with Gasteiger partial charge in [-0.2, -0.15) is 0 Å². The molecule has 0 radical (unpaired) electrons. The fraction of sp³-hybridized carbons (Fsp3) is 1.00. The number of hydrogen-bond donors (Lipinski definition) is 2. The van der Waals surface area contributed by atoms with Crippen molar-refractivity contribution >= 4 is 0 Å². The van der Waals surface area contributed by atoms with Gasteiger partial charge in [0, 0.05) is 26.2 Å². The van der Waals surface area contributed by atoms with E-state index in [0.29, 0.717) is 0 Å². The van der Waals surface area contributed by atoms with Gasteiger partial charge < -0.3 is 20.0 Å². The van der Waals surface area contributed by atoms with Gasteiger partial charge in [0.25, 0.3) is 0 Å². The Morgan fingerprint density at radius 2 is 0.750 bits per heavy atom. The Labute approximate surface area is 199 Å². The smallest absolute Gasteiger partial charge is 0.0552 e. The molecule has 4 heteroatoms. The molecule has 0 spiro atoms. The van der Waals surface area contributed by atoms with E-state index in [9.17, 15) is 10.2 Å². The number of piperidine rings is 2. The van der Waals surface area contributed by atoms with Gasteiger partial charge in [0.2, 0.25) is 0 Å². The highest BCUT2D eigenvalue weighted by atomic mass is 16.3. The highest BCUT2D eigenvalue weighted by Gasteiger charge is 2.21. The van der Waals surface area contributed by atoms with Crippen LogP contribution in [0.15, 0.2) is 0 Å². The maximum absolute atomic E-state index is 10.5. The summed E-state index contributed by atoms with van der Waals surface area (Å²) in [6.07, 6.45) is 22.3. The lowest BCUT2D eigenvalue weighted by molar-refractivity contribution is 0.106. The van der Waals surface area contributed by atoms with Crippen LogP contribution in [0.4, 0.5) is 0 Å². The maximum atomic E-state index is 10.5. The van der Waals surface area contributed by atoms with Crippen LogP contribution >= 0.6 is 0 Å². The molecular formula is C28H54N2O2. The minimum Gasteiger partial charge on any atom is -0.393 e. The van der Waals surface area contributed by atoms with Crippen molar-refractivity contribution in [2.45, 2.75) is 128 Å². The molecule has 4 bridgehead atoms. The van der Waals surface area contributed by atoms with Crippen molar-refractivity contribution in [3.8, 4) is 0 Å². The molecular weight excluding hydrogens is 396 g/mol. The Hall–Kier alpha value is -0.160. The third-order valence-corrected chi connectivity index (χ3v) is 8.56. The van der Waals surface area contributed by atoms with Crippen molar-refractivity contribution < 1.29 is 10.2 Å². The van der Waals surface area contributed by atoms with E-state index in [2.05, 4.69) is 9.80 Å². The number of hydrogen-bond acceptors (Lipinski definition) is 4. The molecule has 0 aromatic carbocycles. The van der Waals surface area contributed by atoms with E-state index in [-0.39, 0.29) is 12.2 Å². The molecule has 3 heterocycles. The quantitative estimate of drug-likeness (QED) is 0.504. The number of aliphatic hydroxyl groups excluding tert-OH is 2. The SMILES string of the molecule is O[C@@H]1CCCCCC[C@@H]2CCCN(CC[C@H](O)CCCCCC[C@@H]3CCCN(CC1)C3)C2. The minimum absolute atomic E-state index is 0.0943. The zero-order chi connectivity index (χ0) is 22.4. The summed E-state index contributed by atoms with van der Waals surface area (Å²) >= 11 is 0. The normalized spacial score (nSPS) is 38.4. The second-order valence-corrected chi connectivity index (χ2v) is 11.5. The standard InChI is InChI=1S/C28H54N2O2/c31-27-15-7-3-1-5-11-25-13-9-19-29(23-25)22-18-28(32)16-8-4-2-6-12-26-14-10-20-30(24-26)21-17-27/h25-28,31-32H,1-24H2/t25-,26-,27-,28-/m1/s1. The van der Waals surface area contributed by atoms with Crippen LogP contribution in [0.5, 0.6) is 0 Å². The summed E-state index contributed by atoms with van der Waals surface area (Å²) < 4.78 is 0. The summed E-state index contributed by atoms with van der Waals surface area (Å²) in [6, 6.07) is 0. The Balaban J connectivity index is 1.41. The van der Waals surface area contributed by atoms with Crippen LogP contribution in [0.3, 0.4) is 0 Å². The van der Waals surface area contributed by atoms with E-state index in [1.165, 1.54) is 116 Å². The van der Waals surface area contributed by atoms with Gasteiger partial charge in [-0.05, 0) is 89.1 Å². The zero-order valence-electron chi connectivity index (χ0n) is 21.1. The first-order valence-electron chi connectivity index (χ1n) is 14.5. The van der Waals surface area contributed by atoms with Gasteiger partial charge >= 0.3 is 0 Å². The molecule has 32 heavy (non-hydrogen) atoms. The first kappa shape index (κ1) is 26.4. The zero-order valence-corrected chi connectivity index (χ0v) is 21.1. The van der Waals surface area contributed by atoms with E-state index in [0.717, 1.165) is 50.6 Å². The highest BCUT2D eigenvalue weighted by Crippen LogP contribution is 2.25. The fourth-order valence-electron chi connectivity index (χ4n) is 6.46. The summed E-state index contributed by atoms with van der Waals surface area (Å²) in [5.74, 6) is 1.73. The lowest BCUT2D eigenvalue weighted by Gasteiger charge is -2.33. The minimum atomic E-state index is -0.0943. The number of nitrogens with zero attached hydrogens (tertiary/aromatic N) is 2. The Morgan fingerprint density at radius 3 is 1.19 bits per heavy atom. The van der Waals surface area contributed by atoms with Gasteiger partial charge in [-0.3, -0.25) is 0 Å². The average molecular weight is 451 g/mol. The maximum Gasteiger partial charge on any atom is 0.0552 e. The number of fused-ring (bicyclic) bond motifs is 4. The van der Waals surface area contributed by atoms with Crippen LogP contribution < -0.4 is 0 Å². The van der Waals surface area contributed by atoms with Crippen LogP contribution in [0, 0.1) is 11.8 Å². The monoisotopic (exact) mass is 450 g/mol. The second kappa shape index (κ2) is 15.7. The third kappa shape index (κ3) is 10.8. The van der Waals surface area contributed by atoms with E-state index < -0.39 is 0 Å². The molecule has 2 unspecified atom stereocenters. The van der Waals surface area contributed by atoms with Gasteiger partial charge in [0.05, 0.1) is 12.2 Å². The van der Waals surface area contributed by atoms with Crippen LogP contribution in [-0.4, -0.2) is 71.5 Å². The largest absolute Gasteiger partial charge is 0.393 e. The Kier molecular flexibility index (Phi) is 13.0. The first-order valence-corrected chi connectivity index (χ1v) is 14.5. The third-order valence-electron chi connectivity index (χ3n) is 8.56. The molecule has 0 aromatic rings. The van der Waals surface area contributed by atoms with Gasteiger partial charge in [0.1, 0.15) is 0 Å². The molecule has 3 fully saturated rings. The summed E-state index contributed by atoms with van der Waals surface area (Å²) in [7, 11) is 0. The van der Waals surface area contributed by atoms with Crippen molar-refractivity contribution in [1.82, 2.24) is 9.80 Å². The van der Waals surface area contributed by atoms with Crippen LogP contribution in [0.2, 0.25) is 0 Å². The van der Waals surface area contributed by atoms with Crippen LogP contribution in [0.1, 0.15) is 116 Å². The van der Waals surface area contributed by atoms with Crippen molar-refractivity contribution in [3.05, 3.63) is 0 Å². The van der Waals surface area contributed by atoms with Gasteiger partial charge in [-0.15, -0.1) is 0 Å². The predicted octanol–water partition coefficient (Wildman–Crippen LogP) is 5.61. The highest BCUT2D eigenvalue weighted by molar-refractivity contribution is 4.76. The topological polar surface area (TPSA) is 46.9 Å². The summed E-state index contributed by atoms with van der Waals surface area (Å²) in [5.41, 5.74) is 0. The van der Waals surface area contributed by atoms with E-state index in [4.69, 9.17) is 0 Å². The molecule has 3 aliphatic heterocycles. The van der Waals surface area contributed by atoms with Crippen molar-refractivity contribution in [2.24, 2.45) is 11.8 Å². The fourth-order valence-corrected chi connectivity index (χ4v) is 6.46. The Bertz CT molecular complexity index is 432. The lowest BCUT2D eigenvalue weighted by atomic mass is 9.91. The molecule has 4 nitrogen and oxygen atoms in total. The summed E-state index contributed by atoms with van der Waals surface area (Å²) in [4.78, 5) is 5.25. The van der Waals surface area contributed by atoms with Crippen LogP contribution in [0.25, 0.3) is 0 Å². The molecule has 0 amide bonds. The first-order chi connectivity index (χ1) is 15.7. The van der Waals surface area contributed by atoms with Crippen LogP contribution in [-0.2, 0) is 0 Å². The van der Waals surface area contributed by atoms with E-state index >= 15 is 0 Å². The van der Waals surface area contributed by atoms with Crippen molar-refractivity contribution in [2.75, 3.05) is 39.3 Å². The predicted molar refractivity (Wildman–Crippen MR) is 135 cm³/mol. The molecule has 0 aliphatic carbocycles. The van der Waals surface area contributed by atoms with Gasteiger partial charge in [-0.1, -0.05) is 51.4 Å². The van der Waals surface area contributed by atoms with Crippen molar-refractivity contribution in [1.29, 1.82) is 0 Å². The molecule has 0 aromatic heterocycles. The number of rotatable bonds is 0.